The normalized spacial score (nSPS) is 13.6. The van der Waals surface area contributed by atoms with Crippen LogP contribution in [0.15, 0.2) is 0 Å². The molecular formula is C68H140N2O6P+. The number of carbonyl (C=O) groups excluding carboxylic acids is 1. The first kappa shape index (κ1) is 76.5. The van der Waals surface area contributed by atoms with E-state index in [9.17, 15) is 19.4 Å². The second-order valence-electron chi connectivity index (χ2n) is 25.6. The fraction of sp³-hybridized carbons (Fsp3) is 0.985. The second kappa shape index (κ2) is 60.1. The minimum atomic E-state index is -4.32. The Hall–Kier alpha value is -0.500. The van der Waals surface area contributed by atoms with Crippen molar-refractivity contribution >= 4 is 13.7 Å². The molecular weight excluding hydrogens is 972 g/mol. The largest absolute Gasteiger partial charge is 0.472 e. The van der Waals surface area contributed by atoms with Crippen molar-refractivity contribution in [2.75, 3.05) is 40.9 Å². The molecule has 0 aliphatic rings. The van der Waals surface area contributed by atoms with Gasteiger partial charge >= 0.3 is 7.82 Å². The van der Waals surface area contributed by atoms with Crippen LogP contribution in [0.25, 0.3) is 0 Å². The number of quaternary nitrogens is 1. The van der Waals surface area contributed by atoms with Gasteiger partial charge in [0, 0.05) is 6.42 Å². The van der Waals surface area contributed by atoms with Crippen molar-refractivity contribution in [3.63, 3.8) is 0 Å². The summed E-state index contributed by atoms with van der Waals surface area (Å²) in [6, 6.07) is -0.756. The molecule has 0 aromatic heterocycles. The molecule has 0 aromatic carbocycles. The molecule has 0 rings (SSSR count). The van der Waals surface area contributed by atoms with E-state index in [-0.39, 0.29) is 19.1 Å². The Morgan fingerprint density at radius 1 is 0.390 bits per heavy atom. The highest BCUT2D eigenvalue weighted by molar-refractivity contribution is 7.47. The van der Waals surface area contributed by atoms with E-state index in [0.29, 0.717) is 23.9 Å². The van der Waals surface area contributed by atoms with Crippen molar-refractivity contribution in [2.45, 2.75) is 392 Å². The van der Waals surface area contributed by atoms with Crippen molar-refractivity contribution in [3.05, 3.63) is 0 Å². The van der Waals surface area contributed by atoms with Gasteiger partial charge in [-0.15, -0.1) is 0 Å². The number of amides is 1. The molecule has 0 bridgehead atoms. The average Bonchev–Trinajstić information content (AvgIpc) is 3.39. The number of phosphoric acid groups is 1. The Kier molecular flexibility index (Phi) is 59.7. The van der Waals surface area contributed by atoms with Crippen LogP contribution in [0, 0.1) is 0 Å². The molecule has 3 N–H and O–H groups in total. The summed E-state index contributed by atoms with van der Waals surface area (Å²) in [5.74, 6) is -0.134. The monoisotopic (exact) mass is 1110 g/mol. The number of hydrogen-bond donors (Lipinski definition) is 3. The van der Waals surface area contributed by atoms with Gasteiger partial charge in [-0.1, -0.05) is 361 Å². The zero-order chi connectivity index (χ0) is 56.3. The van der Waals surface area contributed by atoms with Crippen LogP contribution in [-0.2, 0) is 18.4 Å². The number of aliphatic hydroxyl groups excluding tert-OH is 1. The van der Waals surface area contributed by atoms with Crippen LogP contribution >= 0.6 is 7.82 Å². The number of rotatable bonds is 66. The van der Waals surface area contributed by atoms with Gasteiger partial charge in [-0.3, -0.25) is 13.8 Å². The summed E-state index contributed by atoms with van der Waals surface area (Å²) >= 11 is 0. The van der Waals surface area contributed by atoms with Gasteiger partial charge in [0.05, 0.1) is 39.9 Å². The highest BCUT2D eigenvalue weighted by Crippen LogP contribution is 2.43. The Labute approximate surface area is 482 Å². The standard InChI is InChI=1S/C68H139N2O6P/c1-6-8-10-12-14-16-18-20-22-24-25-26-27-28-29-30-31-32-33-34-35-36-37-38-39-40-41-42-43-44-45-46-48-50-52-54-56-58-60-62-68(72)69-66(65-76-77(73,74)75-64-63-70(3,4)5)67(71)61-59-57-55-53-51-49-47-23-21-19-17-15-13-11-9-7-2/h66-67,71H,6-65H2,1-5H3,(H-,69,72,73,74)/p+1. The van der Waals surface area contributed by atoms with E-state index in [1.807, 2.05) is 21.1 Å². The predicted molar refractivity (Wildman–Crippen MR) is 337 cm³/mol. The van der Waals surface area contributed by atoms with Gasteiger partial charge in [0.15, 0.2) is 0 Å². The zero-order valence-electron chi connectivity index (χ0n) is 53.0. The summed E-state index contributed by atoms with van der Waals surface area (Å²) in [6.45, 7) is 4.95. The van der Waals surface area contributed by atoms with E-state index in [1.54, 1.807) is 0 Å². The molecule has 1 amide bonds. The molecule has 0 saturated carbocycles. The Bertz CT molecular complexity index is 1220. The van der Waals surface area contributed by atoms with Gasteiger partial charge in [0.2, 0.25) is 5.91 Å². The molecule has 0 spiro atoms. The minimum absolute atomic E-state index is 0.0792. The van der Waals surface area contributed by atoms with Gasteiger partial charge in [-0.2, -0.15) is 0 Å². The van der Waals surface area contributed by atoms with Crippen LogP contribution in [0.4, 0.5) is 0 Å². The first-order valence-electron chi connectivity index (χ1n) is 34.9. The summed E-state index contributed by atoms with van der Waals surface area (Å²) in [5.41, 5.74) is 0. The first-order chi connectivity index (χ1) is 37.5. The van der Waals surface area contributed by atoms with E-state index < -0.39 is 20.0 Å². The number of aliphatic hydroxyl groups is 1. The molecule has 3 atom stereocenters. The van der Waals surface area contributed by atoms with Gasteiger partial charge in [0.25, 0.3) is 0 Å². The summed E-state index contributed by atoms with van der Waals surface area (Å²) in [6.07, 6.45) is 75.1. The lowest BCUT2D eigenvalue weighted by Crippen LogP contribution is -2.46. The lowest BCUT2D eigenvalue weighted by Gasteiger charge is -2.26. The number of hydrogen-bond acceptors (Lipinski definition) is 5. The van der Waals surface area contributed by atoms with E-state index in [4.69, 9.17) is 9.05 Å². The second-order valence-corrected chi connectivity index (χ2v) is 27.1. The van der Waals surface area contributed by atoms with Crippen LogP contribution in [-0.4, -0.2) is 73.4 Å². The number of carbonyl (C=O) groups is 1. The highest BCUT2D eigenvalue weighted by Gasteiger charge is 2.28. The van der Waals surface area contributed by atoms with E-state index in [1.165, 1.54) is 315 Å². The van der Waals surface area contributed by atoms with E-state index >= 15 is 0 Å². The average molecular weight is 1110 g/mol. The maximum atomic E-state index is 13.0. The molecule has 9 heteroatoms. The lowest BCUT2D eigenvalue weighted by atomic mass is 10.0. The third kappa shape index (κ3) is 62.9. The van der Waals surface area contributed by atoms with Gasteiger partial charge < -0.3 is 19.8 Å². The lowest BCUT2D eigenvalue weighted by molar-refractivity contribution is -0.870. The molecule has 0 aliphatic heterocycles. The van der Waals surface area contributed by atoms with Gasteiger partial charge in [0.1, 0.15) is 13.2 Å². The van der Waals surface area contributed by atoms with Crippen LogP contribution in [0.5, 0.6) is 0 Å². The van der Waals surface area contributed by atoms with Crippen LogP contribution < -0.4 is 5.32 Å². The number of likely N-dealkylation sites (N-methyl/N-ethyl adjacent to an activating group) is 1. The Balaban J connectivity index is 3.82. The molecule has 3 unspecified atom stereocenters. The number of unbranched alkanes of at least 4 members (excludes halogenated alkanes) is 53. The summed E-state index contributed by atoms with van der Waals surface area (Å²) < 4.78 is 23.8. The summed E-state index contributed by atoms with van der Waals surface area (Å²) in [7, 11) is 1.64. The fourth-order valence-electron chi connectivity index (χ4n) is 11.2. The number of phosphoric ester groups is 1. The van der Waals surface area contributed by atoms with E-state index in [2.05, 4.69) is 19.2 Å². The van der Waals surface area contributed by atoms with Crippen molar-refractivity contribution < 1.29 is 32.9 Å². The number of nitrogens with one attached hydrogen (secondary N) is 1. The third-order valence-electron chi connectivity index (χ3n) is 16.6. The maximum Gasteiger partial charge on any atom is 0.472 e. The summed E-state index contributed by atoms with van der Waals surface area (Å²) in [4.78, 5) is 23.4. The van der Waals surface area contributed by atoms with Crippen LogP contribution in [0.1, 0.15) is 380 Å². The van der Waals surface area contributed by atoms with Crippen molar-refractivity contribution in [1.82, 2.24) is 5.32 Å². The molecule has 0 fully saturated rings. The third-order valence-corrected chi connectivity index (χ3v) is 17.6. The molecule has 0 radical (unpaired) electrons. The Morgan fingerprint density at radius 2 is 0.623 bits per heavy atom. The summed E-state index contributed by atoms with van der Waals surface area (Å²) in [5, 5.41) is 14.1. The van der Waals surface area contributed by atoms with Crippen molar-refractivity contribution in [3.8, 4) is 0 Å². The quantitative estimate of drug-likeness (QED) is 0.0318. The van der Waals surface area contributed by atoms with Gasteiger partial charge in [-0.25, -0.2) is 4.57 Å². The van der Waals surface area contributed by atoms with Crippen LogP contribution in [0.3, 0.4) is 0 Å². The predicted octanol–water partition coefficient (Wildman–Crippen LogP) is 21.9. The van der Waals surface area contributed by atoms with E-state index in [0.717, 1.165) is 38.5 Å². The highest BCUT2D eigenvalue weighted by atomic mass is 31.2. The van der Waals surface area contributed by atoms with Crippen molar-refractivity contribution in [1.29, 1.82) is 0 Å². The molecule has 77 heavy (non-hydrogen) atoms. The smallest absolute Gasteiger partial charge is 0.391 e. The minimum Gasteiger partial charge on any atom is -0.391 e. The van der Waals surface area contributed by atoms with Crippen LogP contribution in [0.2, 0.25) is 0 Å². The molecule has 0 aromatic rings. The zero-order valence-corrected chi connectivity index (χ0v) is 53.9. The topological polar surface area (TPSA) is 105 Å². The number of nitrogens with zero attached hydrogens (tertiary/aromatic N) is 1. The molecule has 8 nitrogen and oxygen atoms in total. The van der Waals surface area contributed by atoms with Crippen molar-refractivity contribution in [2.24, 2.45) is 0 Å². The van der Waals surface area contributed by atoms with Gasteiger partial charge in [-0.05, 0) is 12.8 Å². The molecule has 0 saturated heterocycles. The SMILES string of the molecule is CCCCCCCCCCCCCCCCCCCCCCCCCCCCCCCCCCCCCCCCCC(=O)NC(COP(=O)(O)OCC[N+](C)(C)C)C(O)CCCCCCCCCCCCCCCCCC. The Morgan fingerprint density at radius 3 is 0.870 bits per heavy atom. The molecule has 462 valence electrons. The first-order valence-corrected chi connectivity index (χ1v) is 36.4. The molecule has 0 aliphatic carbocycles. The molecule has 0 heterocycles. The maximum absolute atomic E-state index is 13.0. The fourth-order valence-corrected chi connectivity index (χ4v) is 11.9.